The van der Waals surface area contributed by atoms with Crippen molar-refractivity contribution in [2.75, 3.05) is 13.1 Å². The average molecular weight is 362 g/mol. The molecular weight excluding hydrogens is 318 g/mol. The molecule has 0 spiro atoms. The van der Waals surface area contributed by atoms with Gasteiger partial charge in [-0.15, -0.1) is 0 Å². The largest absolute Gasteiger partial charge is 0.294 e. The fourth-order valence-electron chi connectivity index (χ4n) is 3.03. The Morgan fingerprint density at radius 1 is 0.708 bits per heavy atom. The van der Waals surface area contributed by atoms with E-state index in [2.05, 4.69) is 41.5 Å². The molecule has 0 bridgehead atoms. The summed E-state index contributed by atoms with van der Waals surface area (Å²) in [7, 11) is 0. The first-order valence-corrected chi connectivity index (χ1v) is 11.1. The second-order valence-corrected chi connectivity index (χ2v) is 9.57. The van der Waals surface area contributed by atoms with Crippen molar-refractivity contribution in [1.29, 1.82) is 0 Å². The first-order chi connectivity index (χ1) is 11.2. The number of hydrogen-bond donors (Lipinski definition) is 1. The Balaban J connectivity index is 3.98. The zero-order chi connectivity index (χ0) is 18.5. The molecule has 0 aromatic rings. The summed E-state index contributed by atoms with van der Waals surface area (Å²) < 4.78 is 22.8. The molecule has 1 N–H and O–H groups in total. The molecule has 0 amide bonds. The van der Waals surface area contributed by atoms with Crippen molar-refractivity contribution in [3.8, 4) is 0 Å². The van der Waals surface area contributed by atoms with Crippen molar-refractivity contribution in [1.82, 2.24) is 4.31 Å². The van der Waals surface area contributed by atoms with Crippen molar-refractivity contribution >= 4 is 11.3 Å². The lowest BCUT2D eigenvalue weighted by Crippen LogP contribution is -2.29. The Hall–Kier alpha value is 0.0700. The smallest absolute Gasteiger partial charge is 0.234 e. The van der Waals surface area contributed by atoms with E-state index in [0.717, 1.165) is 37.8 Å². The molecule has 0 heterocycles. The first kappa shape index (κ1) is 24.1. The van der Waals surface area contributed by atoms with Gasteiger partial charge in [0, 0.05) is 13.1 Å². The minimum atomic E-state index is -1.83. The molecule has 0 saturated carbocycles. The van der Waals surface area contributed by atoms with Gasteiger partial charge in [-0.05, 0) is 36.5 Å². The predicted octanol–water partition coefficient (Wildman–Crippen LogP) is 6.13. The van der Waals surface area contributed by atoms with Crippen LogP contribution in [0.15, 0.2) is 0 Å². The third-order valence-electron chi connectivity index (χ3n) is 4.92. The van der Waals surface area contributed by atoms with Gasteiger partial charge in [-0.1, -0.05) is 80.1 Å². The summed E-state index contributed by atoms with van der Waals surface area (Å²) in [4.78, 5) is 0. The molecule has 4 heteroatoms. The normalized spacial score (nSPS) is 16.1. The van der Waals surface area contributed by atoms with E-state index in [4.69, 9.17) is 0 Å². The van der Waals surface area contributed by atoms with Crippen LogP contribution in [-0.4, -0.2) is 26.2 Å². The fourth-order valence-corrected chi connectivity index (χ4v) is 3.56. The monoisotopic (exact) mass is 361 g/mol. The van der Waals surface area contributed by atoms with Gasteiger partial charge in [-0.2, -0.15) is 0 Å². The zero-order valence-corrected chi connectivity index (χ0v) is 17.9. The van der Waals surface area contributed by atoms with E-state index in [1.807, 2.05) is 0 Å². The summed E-state index contributed by atoms with van der Waals surface area (Å²) in [6.45, 7) is 15.1. The Labute approximate surface area is 154 Å². The molecule has 24 heavy (non-hydrogen) atoms. The van der Waals surface area contributed by atoms with Crippen molar-refractivity contribution in [3.05, 3.63) is 0 Å². The van der Waals surface area contributed by atoms with E-state index >= 15 is 0 Å². The maximum atomic E-state index is 11.6. The number of nitrogens with zero attached hydrogens (tertiary/aromatic N) is 1. The van der Waals surface area contributed by atoms with E-state index < -0.39 is 11.3 Å². The van der Waals surface area contributed by atoms with Crippen molar-refractivity contribution in [2.45, 2.75) is 92.9 Å². The van der Waals surface area contributed by atoms with Crippen LogP contribution >= 0.6 is 0 Å². The maximum absolute atomic E-state index is 11.6. The van der Waals surface area contributed by atoms with E-state index in [1.165, 1.54) is 38.5 Å². The van der Waals surface area contributed by atoms with Gasteiger partial charge >= 0.3 is 0 Å². The summed E-state index contributed by atoms with van der Waals surface area (Å²) >= 11 is -1.83. The summed E-state index contributed by atoms with van der Waals surface area (Å²) in [5.41, 5.74) is 0. The van der Waals surface area contributed by atoms with Gasteiger partial charge in [0.2, 0.25) is 11.3 Å². The van der Waals surface area contributed by atoms with Crippen LogP contribution in [0.3, 0.4) is 0 Å². The van der Waals surface area contributed by atoms with Gasteiger partial charge in [0.25, 0.3) is 0 Å². The Morgan fingerprint density at radius 3 is 1.38 bits per heavy atom. The summed E-state index contributed by atoms with van der Waals surface area (Å²) in [5, 5.41) is 0. The highest BCUT2D eigenvalue weighted by atomic mass is 32.2. The molecule has 146 valence electrons. The number of hydrogen-bond acceptors (Lipinski definition) is 1. The van der Waals surface area contributed by atoms with Gasteiger partial charge < -0.3 is 0 Å². The minimum Gasteiger partial charge on any atom is -0.294 e. The topological polar surface area (TPSA) is 40.5 Å². The molecule has 0 saturated heterocycles. The van der Waals surface area contributed by atoms with E-state index in [9.17, 15) is 8.76 Å². The van der Waals surface area contributed by atoms with Crippen LogP contribution in [0.25, 0.3) is 0 Å². The van der Waals surface area contributed by atoms with Crippen LogP contribution in [0.2, 0.25) is 0 Å². The predicted molar refractivity (Wildman–Crippen MR) is 107 cm³/mol. The van der Waals surface area contributed by atoms with Crippen LogP contribution in [0.4, 0.5) is 0 Å². The third kappa shape index (κ3) is 14.4. The van der Waals surface area contributed by atoms with Crippen molar-refractivity contribution in [3.63, 3.8) is 0 Å². The Kier molecular flexibility index (Phi) is 14.3. The molecule has 3 atom stereocenters. The lowest BCUT2D eigenvalue weighted by atomic mass is 9.96. The SMILES string of the molecule is CC(C)CCCC(C)CCN(CCC(C)CCCC(C)C)S(=O)O. The molecule has 0 aliphatic heterocycles. The lowest BCUT2D eigenvalue weighted by molar-refractivity contribution is 0.321. The molecule has 0 aromatic carbocycles. The van der Waals surface area contributed by atoms with Gasteiger partial charge in [0.15, 0.2) is 0 Å². The van der Waals surface area contributed by atoms with Gasteiger partial charge in [-0.3, -0.25) is 4.55 Å². The highest BCUT2D eigenvalue weighted by Gasteiger charge is 2.14. The Morgan fingerprint density at radius 2 is 1.08 bits per heavy atom. The van der Waals surface area contributed by atoms with Crippen molar-refractivity contribution in [2.24, 2.45) is 23.7 Å². The van der Waals surface area contributed by atoms with Crippen LogP contribution in [0.1, 0.15) is 92.9 Å². The molecule has 0 aliphatic carbocycles. The second kappa shape index (κ2) is 14.3. The van der Waals surface area contributed by atoms with E-state index in [0.29, 0.717) is 11.8 Å². The summed E-state index contributed by atoms with van der Waals surface area (Å²) in [6.07, 6.45) is 9.62. The molecule has 0 aromatic heterocycles. The van der Waals surface area contributed by atoms with E-state index in [-0.39, 0.29) is 0 Å². The fraction of sp³-hybridized carbons (Fsp3) is 1.00. The molecule has 3 unspecified atom stereocenters. The minimum absolute atomic E-state index is 0.637. The summed E-state index contributed by atoms with van der Waals surface area (Å²) in [6, 6.07) is 0. The molecule has 3 nitrogen and oxygen atoms in total. The van der Waals surface area contributed by atoms with Gasteiger partial charge in [-0.25, -0.2) is 8.51 Å². The highest BCUT2D eigenvalue weighted by molar-refractivity contribution is 7.76. The standard InChI is InChI=1S/C20H43NO2S/c1-17(2)9-7-11-19(5)13-15-21(24(22)23)16-14-20(6)12-8-10-18(3)4/h17-20H,7-16H2,1-6H3,(H,22,23). The second-order valence-electron chi connectivity index (χ2n) is 8.60. The van der Waals surface area contributed by atoms with Crippen LogP contribution in [-0.2, 0) is 11.3 Å². The molecule has 0 radical (unpaired) electrons. The highest BCUT2D eigenvalue weighted by Crippen LogP contribution is 2.18. The van der Waals surface area contributed by atoms with Gasteiger partial charge in [0.1, 0.15) is 0 Å². The molecule has 0 fully saturated rings. The van der Waals surface area contributed by atoms with Crippen LogP contribution < -0.4 is 0 Å². The maximum Gasteiger partial charge on any atom is 0.234 e. The van der Waals surface area contributed by atoms with E-state index in [1.54, 1.807) is 4.31 Å². The quantitative estimate of drug-likeness (QED) is 0.356. The Bertz CT molecular complexity index is 297. The van der Waals surface area contributed by atoms with Crippen LogP contribution in [0.5, 0.6) is 0 Å². The molecular formula is C20H43NO2S. The molecule has 0 aliphatic rings. The first-order valence-electron chi connectivity index (χ1n) is 10.1. The van der Waals surface area contributed by atoms with Crippen molar-refractivity contribution < 1.29 is 8.76 Å². The zero-order valence-electron chi connectivity index (χ0n) is 17.1. The third-order valence-corrected chi connectivity index (χ3v) is 5.73. The molecule has 0 rings (SSSR count). The lowest BCUT2D eigenvalue weighted by Gasteiger charge is -2.22. The van der Waals surface area contributed by atoms with Crippen LogP contribution in [0, 0.1) is 23.7 Å². The summed E-state index contributed by atoms with van der Waals surface area (Å²) in [5.74, 6) is 2.82. The average Bonchev–Trinajstić information content (AvgIpc) is 2.45. The van der Waals surface area contributed by atoms with Gasteiger partial charge in [0.05, 0.1) is 0 Å². The number of rotatable bonds is 15.